The molecule has 10 heteroatoms. The van der Waals surface area contributed by atoms with E-state index < -0.39 is 24.4 Å². The van der Waals surface area contributed by atoms with Gasteiger partial charge in [-0.05, 0) is 12.6 Å². The first kappa shape index (κ1) is 22.8. The number of nitrogens with zero attached hydrogens (tertiary/aromatic N) is 5. The Morgan fingerprint density at radius 1 is 1.12 bits per heavy atom. The highest BCUT2D eigenvalue weighted by Crippen LogP contribution is 2.25. The van der Waals surface area contributed by atoms with Crippen LogP contribution in [-0.4, -0.2) is 98.7 Å². The number of hydrogen-bond acceptors (Lipinski definition) is 8. The minimum absolute atomic E-state index is 0.0294. The molecule has 2 saturated heterocycles. The second-order valence-corrected chi connectivity index (χ2v) is 8.48. The highest BCUT2D eigenvalue weighted by Gasteiger charge is 2.44. The Bertz CT molecular complexity index is 873. The van der Waals surface area contributed by atoms with Crippen LogP contribution in [-0.2, 0) is 33.9 Å². The number of hydrogen-bond donors (Lipinski definition) is 2. The number of amides is 1. The maximum Gasteiger partial charge on any atom is 0.225 e. The first-order chi connectivity index (χ1) is 15.5. The maximum absolute atomic E-state index is 12.5. The molecule has 0 radical (unpaired) electrons. The topological polar surface area (TPSA) is 113 Å². The van der Waals surface area contributed by atoms with Crippen molar-refractivity contribution in [2.24, 2.45) is 0 Å². The third kappa shape index (κ3) is 5.70. The lowest BCUT2D eigenvalue weighted by Gasteiger charge is -2.28. The van der Waals surface area contributed by atoms with Gasteiger partial charge in [-0.2, -0.15) is 0 Å². The van der Waals surface area contributed by atoms with E-state index >= 15 is 0 Å². The molecular formula is C22H31N5O5. The van der Waals surface area contributed by atoms with Gasteiger partial charge in [0.05, 0.1) is 38.0 Å². The molecule has 2 fully saturated rings. The summed E-state index contributed by atoms with van der Waals surface area (Å²) in [7, 11) is 2.02. The number of benzene rings is 1. The molecule has 0 unspecified atom stereocenters. The molecule has 1 aromatic carbocycles. The van der Waals surface area contributed by atoms with Crippen LogP contribution >= 0.6 is 0 Å². The molecule has 10 nitrogen and oxygen atoms in total. The zero-order chi connectivity index (χ0) is 22.5. The Morgan fingerprint density at radius 2 is 1.84 bits per heavy atom. The summed E-state index contributed by atoms with van der Waals surface area (Å²) in [6.45, 7) is 3.77. The van der Waals surface area contributed by atoms with E-state index in [1.165, 1.54) is 5.56 Å². The maximum atomic E-state index is 12.5. The zero-order valence-electron chi connectivity index (χ0n) is 18.3. The summed E-state index contributed by atoms with van der Waals surface area (Å²) in [5, 5.41) is 29.2. The van der Waals surface area contributed by atoms with E-state index in [1.54, 1.807) is 9.58 Å². The average Bonchev–Trinajstić information content (AvgIpc) is 3.34. The molecule has 0 bridgehead atoms. The molecule has 2 aliphatic rings. The van der Waals surface area contributed by atoms with Gasteiger partial charge in [0, 0.05) is 32.4 Å². The molecule has 2 aliphatic heterocycles. The van der Waals surface area contributed by atoms with Gasteiger partial charge < -0.3 is 24.6 Å². The fraction of sp³-hybridized carbons (Fsp3) is 0.591. The van der Waals surface area contributed by atoms with Gasteiger partial charge >= 0.3 is 0 Å². The molecule has 32 heavy (non-hydrogen) atoms. The summed E-state index contributed by atoms with van der Waals surface area (Å²) in [6.07, 6.45) is -1.78. The first-order valence-corrected chi connectivity index (χ1v) is 11.0. The van der Waals surface area contributed by atoms with Crippen molar-refractivity contribution in [2.75, 3.05) is 33.4 Å². The number of aliphatic hydroxyl groups is 2. The Kier molecular flexibility index (Phi) is 7.48. The molecule has 0 aliphatic carbocycles. The quantitative estimate of drug-likeness (QED) is 0.567. The van der Waals surface area contributed by atoms with Crippen molar-refractivity contribution in [3.05, 3.63) is 47.8 Å². The van der Waals surface area contributed by atoms with Crippen molar-refractivity contribution in [3.63, 3.8) is 0 Å². The van der Waals surface area contributed by atoms with Crippen LogP contribution in [0.4, 0.5) is 0 Å². The largest absolute Gasteiger partial charge is 0.388 e. The Labute approximate surface area is 187 Å². The second kappa shape index (κ2) is 10.5. The summed E-state index contributed by atoms with van der Waals surface area (Å²) in [4.78, 5) is 16.3. The van der Waals surface area contributed by atoms with E-state index in [0.29, 0.717) is 32.8 Å². The molecule has 2 N–H and O–H groups in total. The van der Waals surface area contributed by atoms with Crippen LogP contribution in [0.2, 0.25) is 0 Å². The Hall–Kier alpha value is -2.37. The van der Waals surface area contributed by atoms with Crippen molar-refractivity contribution >= 4 is 5.91 Å². The van der Waals surface area contributed by atoms with Crippen LogP contribution in [0.5, 0.6) is 0 Å². The minimum Gasteiger partial charge on any atom is -0.388 e. The predicted octanol–water partition coefficient (Wildman–Crippen LogP) is -0.352. The lowest BCUT2D eigenvalue weighted by Crippen LogP contribution is -2.43. The van der Waals surface area contributed by atoms with Gasteiger partial charge in [0.2, 0.25) is 5.91 Å². The van der Waals surface area contributed by atoms with Crippen LogP contribution in [0.25, 0.3) is 0 Å². The fourth-order valence-corrected chi connectivity index (χ4v) is 4.17. The normalized spacial score (nSPS) is 26.1. The molecule has 4 atom stereocenters. The molecular weight excluding hydrogens is 414 g/mol. The van der Waals surface area contributed by atoms with Crippen LogP contribution in [0.15, 0.2) is 36.5 Å². The third-order valence-corrected chi connectivity index (χ3v) is 5.88. The van der Waals surface area contributed by atoms with Crippen LogP contribution in [0.3, 0.4) is 0 Å². The van der Waals surface area contributed by atoms with E-state index in [-0.39, 0.29) is 18.9 Å². The van der Waals surface area contributed by atoms with Gasteiger partial charge in [-0.15, -0.1) is 5.10 Å². The predicted molar refractivity (Wildman–Crippen MR) is 114 cm³/mol. The summed E-state index contributed by atoms with van der Waals surface area (Å²) in [5.41, 5.74) is 2.02. The molecule has 1 amide bonds. The lowest BCUT2D eigenvalue weighted by molar-refractivity contribution is -0.139. The monoisotopic (exact) mass is 445 g/mol. The van der Waals surface area contributed by atoms with Gasteiger partial charge in [0.1, 0.15) is 18.3 Å². The van der Waals surface area contributed by atoms with Crippen molar-refractivity contribution < 1.29 is 24.5 Å². The van der Waals surface area contributed by atoms with Crippen molar-refractivity contribution in [1.82, 2.24) is 24.8 Å². The van der Waals surface area contributed by atoms with Crippen molar-refractivity contribution in [2.45, 2.75) is 50.5 Å². The number of rotatable bonds is 8. The highest BCUT2D eigenvalue weighted by molar-refractivity contribution is 5.77. The zero-order valence-corrected chi connectivity index (χ0v) is 18.3. The molecule has 2 aromatic rings. The summed E-state index contributed by atoms with van der Waals surface area (Å²) in [5.74, 6) is -0.102. The number of carbonyl (C=O) groups excluding carboxylic acids is 1. The third-order valence-electron chi connectivity index (χ3n) is 5.88. The van der Waals surface area contributed by atoms with E-state index in [2.05, 4.69) is 27.3 Å². The summed E-state index contributed by atoms with van der Waals surface area (Å²) < 4.78 is 12.7. The van der Waals surface area contributed by atoms with Gasteiger partial charge in [-0.25, -0.2) is 4.68 Å². The van der Waals surface area contributed by atoms with E-state index in [1.807, 2.05) is 31.4 Å². The molecule has 174 valence electrons. The number of ether oxygens (including phenoxy) is 2. The number of carbonyl (C=O) groups is 1. The van der Waals surface area contributed by atoms with Crippen LogP contribution in [0.1, 0.15) is 17.7 Å². The van der Waals surface area contributed by atoms with Crippen molar-refractivity contribution in [3.8, 4) is 0 Å². The Balaban J connectivity index is 1.28. The van der Waals surface area contributed by atoms with Gasteiger partial charge in [0.15, 0.2) is 0 Å². The first-order valence-electron chi connectivity index (χ1n) is 11.0. The Morgan fingerprint density at radius 3 is 2.59 bits per heavy atom. The number of morpholine rings is 1. The van der Waals surface area contributed by atoms with E-state index in [9.17, 15) is 15.0 Å². The lowest BCUT2D eigenvalue weighted by atomic mass is 10.0. The van der Waals surface area contributed by atoms with Gasteiger partial charge in [-0.1, -0.05) is 35.5 Å². The summed E-state index contributed by atoms with van der Waals surface area (Å²) >= 11 is 0. The van der Waals surface area contributed by atoms with Gasteiger partial charge in [-0.3, -0.25) is 9.69 Å². The van der Waals surface area contributed by atoms with Crippen molar-refractivity contribution in [1.29, 1.82) is 0 Å². The fourth-order valence-electron chi connectivity index (χ4n) is 4.17. The molecule has 1 aromatic heterocycles. The molecule has 0 spiro atoms. The molecule has 4 rings (SSSR count). The molecule has 3 heterocycles. The van der Waals surface area contributed by atoms with E-state index in [4.69, 9.17) is 9.47 Å². The van der Waals surface area contributed by atoms with E-state index in [0.717, 1.165) is 12.2 Å². The van der Waals surface area contributed by atoms with Crippen LogP contribution < -0.4 is 0 Å². The SMILES string of the molecule is CN(Cc1ccccc1)Cc1cn(C[C@@H]2O[C@@H](CC(=O)N3CCOCC3)[C@H](O)[C@@H]2O)nn1. The summed E-state index contributed by atoms with van der Waals surface area (Å²) in [6, 6.07) is 10.2. The standard InChI is InChI=1S/C22H31N5O5/c1-25(12-16-5-3-2-4-6-16)13-17-14-27(24-23-17)15-19-22(30)21(29)18(32-19)11-20(28)26-7-9-31-10-8-26/h2-6,14,18-19,21-22,29-30H,7-13,15H2,1H3/t18-,19-,21-,22+/m0/s1. The average molecular weight is 446 g/mol. The smallest absolute Gasteiger partial charge is 0.225 e. The minimum atomic E-state index is -1.12. The second-order valence-electron chi connectivity index (χ2n) is 8.48. The number of aromatic nitrogens is 3. The molecule has 0 saturated carbocycles. The highest BCUT2D eigenvalue weighted by atomic mass is 16.5. The van der Waals surface area contributed by atoms with Crippen LogP contribution in [0, 0.1) is 0 Å². The number of aliphatic hydroxyl groups excluding tert-OH is 2. The van der Waals surface area contributed by atoms with Gasteiger partial charge in [0.25, 0.3) is 0 Å².